The van der Waals surface area contributed by atoms with Gasteiger partial charge < -0.3 is 43.2 Å². The molecule has 0 radical (unpaired) electrons. The SMILES string of the molecule is COc1c(C)c(CNC2CCN(Cc3c(C)c(OC)c(OC)c(OC)c3OC)C2)c(OC)c(OC)c1OC. The predicted octanol–water partition coefficient (Wildman–Crippen LogP) is 3.74. The zero-order chi connectivity index (χ0) is 28.0. The highest BCUT2D eigenvalue weighted by atomic mass is 16.6. The molecule has 1 N–H and O–H groups in total. The standard InChI is InChI=1S/C28H42N2O8/c1-16-19(23(33-5)27(37-9)25(35-7)21(16)31-3)13-29-18-11-12-30(14-18)15-20-17(2)22(32-4)26(36-8)28(38-10)24(20)34-6/h18,29H,11-15H2,1-10H3. The van der Waals surface area contributed by atoms with Crippen molar-refractivity contribution in [1.82, 2.24) is 10.2 Å². The summed E-state index contributed by atoms with van der Waals surface area (Å²) in [5.41, 5.74) is 3.91. The Morgan fingerprint density at radius 3 is 1.42 bits per heavy atom. The van der Waals surface area contributed by atoms with E-state index in [0.717, 1.165) is 41.8 Å². The molecule has 3 rings (SSSR count). The smallest absolute Gasteiger partial charge is 0.207 e. The molecule has 10 nitrogen and oxygen atoms in total. The molecule has 10 heteroatoms. The second-order valence-electron chi connectivity index (χ2n) is 9.07. The number of benzene rings is 2. The van der Waals surface area contributed by atoms with E-state index < -0.39 is 0 Å². The van der Waals surface area contributed by atoms with E-state index in [1.807, 2.05) is 13.8 Å². The van der Waals surface area contributed by atoms with Gasteiger partial charge in [-0.15, -0.1) is 0 Å². The van der Waals surface area contributed by atoms with Crippen molar-refractivity contribution in [2.75, 3.05) is 70.0 Å². The van der Waals surface area contributed by atoms with Gasteiger partial charge in [-0.25, -0.2) is 0 Å². The van der Waals surface area contributed by atoms with E-state index in [1.165, 1.54) is 0 Å². The summed E-state index contributed by atoms with van der Waals surface area (Å²) >= 11 is 0. The Morgan fingerprint density at radius 2 is 0.974 bits per heavy atom. The van der Waals surface area contributed by atoms with Crippen molar-refractivity contribution in [3.05, 3.63) is 22.3 Å². The van der Waals surface area contributed by atoms with Crippen molar-refractivity contribution < 1.29 is 37.9 Å². The Kier molecular flexibility index (Phi) is 10.0. The normalized spacial score (nSPS) is 15.3. The van der Waals surface area contributed by atoms with Gasteiger partial charge in [0.15, 0.2) is 23.0 Å². The molecule has 0 saturated carbocycles. The molecule has 2 aromatic rings. The minimum atomic E-state index is 0.284. The molecule has 1 aliphatic heterocycles. The molecule has 1 saturated heterocycles. The Bertz CT molecular complexity index is 1120. The van der Waals surface area contributed by atoms with Gasteiger partial charge >= 0.3 is 0 Å². The first-order valence-corrected chi connectivity index (χ1v) is 12.5. The molecule has 0 aromatic heterocycles. The van der Waals surface area contributed by atoms with E-state index in [9.17, 15) is 0 Å². The lowest BCUT2D eigenvalue weighted by atomic mass is 10.0. The Morgan fingerprint density at radius 1 is 0.579 bits per heavy atom. The quantitative estimate of drug-likeness (QED) is 0.410. The van der Waals surface area contributed by atoms with Crippen LogP contribution in [0.5, 0.6) is 46.0 Å². The van der Waals surface area contributed by atoms with Crippen LogP contribution in [0.1, 0.15) is 28.7 Å². The number of likely N-dealkylation sites (tertiary alicyclic amines) is 1. The number of hydrogen-bond donors (Lipinski definition) is 1. The van der Waals surface area contributed by atoms with Gasteiger partial charge in [-0.2, -0.15) is 0 Å². The van der Waals surface area contributed by atoms with Crippen molar-refractivity contribution in [3.8, 4) is 46.0 Å². The van der Waals surface area contributed by atoms with Crippen molar-refractivity contribution >= 4 is 0 Å². The maximum atomic E-state index is 5.78. The number of nitrogens with zero attached hydrogens (tertiary/aromatic N) is 1. The third-order valence-corrected chi connectivity index (χ3v) is 7.23. The highest BCUT2D eigenvalue weighted by Crippen LogP contribution is 2.50. The van der Waals surface area contributed by atoms with Gasteiger partial charge in [0.2, 0.25) is 23.0 Å². The van der Waals surface area contributed by atoms with Gasteiger partial charge in [0.1, 0.15) is 0 Å². The Labute approximate surface area is 226 Å². The van der Waals surface area contributed by atoms with Crippen LogP contribution in [0.3, 0.4) is 0 Å². The van der Waals surface area contributed by atoms with E-state index in [-0.39, 0.29) is 6.04 Å². The van der Waals surface area contributed by atoms with Crippen LogP contribution in [0.15, 0.2) is 0 Å². The molecule has 1 fully saturated rings. The molecule has 1 unspecified atom stereocenters. The average Bonchev–Trinajstić information content (AvgIpc) is 3.39. The lowest BCUT2D eigenvalue weighted by Crippen LogP contribution is -2.32. The molecule has 0 amide bonds. The van der Waals surface area contributed by atoms with E-state index in [0.29, 0.717) is 59.1 Å². The summed E-state index contributed by atoms with van der Waals surface area (Å²) in [6.07, 6.45) is 0.998. The van der Waals surface area contributed by atoms with Crippen LogP contribution in [0.4, 0.5) is 0 Å². The number of methoxy groups -OCH3 is 8. The lowest BCUT2D eigenvalue weighted by Gasteiger charge is -2.25. The maximum Gasteiger partial charge on any atom is 0.207 e. The number of rotatable bonds is 13. The van der Waals surface area contributed by atoms with Crippen LogP contribution in [0.25, 0.3) is 0 Å². The Hall–Kier alpha value is -3.24. The van der Waals surface area contributed by atoms with Crippen molar-refractivity contribution in [1.29, 1.82) is 0 Å². The second-order valence-corrected chi connectivity index (χ2v) is 9.07. The third-order valence-electron chi connectivity index (χ3n) is 7.23. The average molecular weight is 535 g/mol. The van der Waals surface area contributed by atoms with Gasteiger partial charge in [-0.1, -0.05) is 0 Å². The fourth-order valence-electron chi connectivity index (χ4n) is 5.32. The fourth-order valence-corrected chi connectivity index (χ4v) is 5.32. The highest BCUT2D eigenvalue weighted by molar-refractivity contribution is 5.67. The van der Waals surface area contributed by atoms with Crippen LogP contribution >= 0.6 is 0 Å². The van der Waals surface area contributed by atoms with Gasteiger partial charge in [0.25, 0.3) is 0 Å². The third kappa shape index (κ3) is 5.33. The van der Waals surface area contributed by atoms with Crippen LogP contribution in [0, 0.1) is 13.8 Å². The zero-order valence-corrected chi connectivity index (χ0v) is 24.3. The van der Waals surface area contributed by atoms with Crippen LogP contribution < -0.4 is 43.2 Å². The van der Waals surface area contributed by atoms with Gasteiger partial charge in [-0.05, 0) is 20.3 Å². The second kappa shape index (κ2) is 13.0. The molecule has 1 heterocycles. The zero-order valence-electron chi connectivity index (χ0n) is 24.3. The molecule has 2 aromatic carbocycles. The molecule has 0 aliphatic carbocycles. The largest absolute Gasteiger partial charge is 0.492 e. The van der Waals surface area contributed by atoms with E-state index in [4.69, 9.17) is 37.9 Å². The lowest BCUT2D eigenvalue weighted by molar-refractivity contribution is 0.285. The molecular weight excluding hydrogens is 492 g/mol. The predicted molar refractivity (Wildman–Crippen MR) is 145 cm³/mol. The monoisotopic (exact) mass is 534 g/mol. The highest BCUT2D eigenvalue weighted by Gasteiger charge is 2.30. The first kappa shape index (κ1) is 29.3. The van der Waals surface area contributed by atoms with Crippen molar-refractivity contribution in [2.45, 2.75) is 39.4 Å². The fraction of sp³-hybridized carbons (Fsp3) is 0.571. The van der Waals surface area contributed by atoms with Gasteiger partial charge in [0.05, 0.1) is 56.9 Å². The van der Waals surface area contributed by atoms with Gasteiger partial charge in [-0.3, -0.25) is 4.90 Å². The number of hydrogen-bond acceptors (Lipinski definition) is 10. The molecule has 212 valence electrons. The van der Waals surface area contributed by atoms with Crippen LogP contribution in [-0.2, 0) is 13.1 Å². The first-order valence-electron chi connectivity index (χ1n) is 12.5. The number of ether oxygens (including phenoxy) is 8. The minimum Gasteiger partial charge on any atom is -0.492 e. The summed E-state index contributed by atoms with van der Waals surface area (Å²) in [5, 5.41) is 3.70. The summed E-state index contributed by atoms with van der Waals surface area (Å²) in [6, 6.07) is 0.284. The number of nitrogens with one attached hydrogen (secondary N) is 1. The summed E-state index contributed by atoms with van der Waals surface area (Å²) in [4.78, 5) is 2.40. The molecule has 1 atom stereocenters. The van der Waals surface area contributed by atoms with E-state index >= 15 is 0 Å². The maximum absolute atomic E-state index is 5.78. The van der Waals surface area contributed by atoms with E-state index in [2.05, 4.69) is 10.2 Å². The van der Waals surface area contributed by atoms with Gasteiger partial charge in [0, 0.05) is 54.5 Å². The van der Waals surface area contributed by atoms with E-state index in [1.54, 1.807) is 56.9 Å². The molecule has 1 aliphatic rings. The minimum absolute atomic E-state index is 0.284. The Balaban J connectivity index is 1.82. The molecule has 38 heavy (non-hydrogen) atoms. The van der Waals surface area contributed by atoms with Crippen molar-refractivity contribution in [3.63, 3.8) is 0 Å². The molecule has 0 spiro atoms. The topological polar surface area (TPSA) is 89.1 Å². The molecule has 0 bridgehead atoms. The van der Waals surface area contributed by atoms with Crippen molar-refractivity contribution in [2.24, 2.45) is 0 Å². The molecular formula is C28H42N2O8. The van der Waals surface area contributed by atoms with Crippen LogP contribution in [0.2, 0.25) is 0 Å². The van der Waals surface area contributed by atoms with Crippen LogP contribution in [-0.4, -0.2) is 80.9 Å². The first-order chi connectivity index (χ1) is 18.3. The summed E-state index contributed by atoms with van der Waals surface area (Å²) in [5.74, 6) is 4.70. The summed E-state index contributed by atoms with van der Waals surface area (Å²) in [6.45, 7) is 7.10. The summed E-state index contributed by atoms with van der Waals surface area (Å²) < 4.78 is 45.3. The summed E-state index contributed by atoms with van der Waals surface area (Å²) in [7, 11) is 12.9.